The Labute approximate surface area is 164 Å². The van der Waals surface area contributed by atoms with Crippen LogP contribution in [-0.4, -0.2) is 54.5 Å². The summed E-state index contributed by atoms with van der Waals surface area (Å²) in [5.41, 5.74) is 1.42. The predicted molar refractivity (Wildman–Crippen MR) is 105 cm³/mol. The second-order valence-electron chi connectivity index (χ2n) is 6.88. The number of benzene rings is 1. The van der Waals surface area contributed by atoms with Crippen molar-refractivity contribution < 1.29 is 19.0 Å². The molecule has 7 nitrogen and oxygen atoms in total. The molecule has 28 heavy (non-hydrogen) atoms. The van der Waals surface area contributed by atoms with Gasteiger partial charge in [-0.05, 0) is 31.2 Å². The van der Waals surface area contributed by atoms with Crippen molar-refractivity contribution in [3.63, 3.8) is 0 Å². The number of rotatable bonds is 5. The lowest BCUT2D eigenvalue weighted by molar-refractivity contribution is -0.181. The Bertz CT molecular complexity index is 826. The van der Waals surface area contributed by atoms with Crippen LogP contribution in [0.15, 0.2) is 42.6 Å². The SMILES string of the molecule is CCOc1ccccc1Nc1cc(C(=O)N2CCC3(CC2)OCCO3)ccn1. The molecule has 2 aromatic rings. The fraction of sp³-hybridized carbons (Fsp3) is 0.429. The molecule has 0 unspecified atom stereocenters. The van der Waals surface area contributed by atoms with Gasteiger partial charge in [-0.25, -0.2) is 4.98 Å². The number of likely N-dealkylation sites (tertiary alicyclic amines) is 1. The minimum Gasteiger partial charge on any atom is -0.492 e. The van der Waals surface area contributed by atoms with Crippen LogP contribution in [0.5, 0.6) is 5.75 Å². The number of aromatic nitrogens is 1. The van der Waals surface area contributed by atoms with E-state index >= 15 is 0 Å². The summed E-state index contributed by atoms with van der Waals surface area (Å²) in [6, 6.07) is 11.2. The van der Waals surface area contributed by atoms with Crippen molar-refractivity contribution in [1.82, 2.24) is 9.88 Å². The van der Waals surface area contributed by atoms with Crippen molar-refractivity contribution >= 4 is 17.4 Å². The van der Waals surface area contributed by atoms with Crippen LogP contribution in [0.25, 0.3) is 0 Å². The molecule has 2 fully saturated rings. The van der Waals surface area contributed by atoms with E-state index < -0.39 is 5.79 Å². The van der Waals surface area contributed by atoms with Crippen molar-refractivity contribution in [2.24, 2.45) is 0 Å². The van der Waals surface area contributed by atoms with Crippen LogP contribution in [-0.2, 0) is 9.47 Å². The van der Waals surface area contributed by atoms with Crippen molar-refractivity contribution in [3.8, 4) is 5.75 Å². The van der Waals surface area contributed by atoms with E-state index in [2.05, 4.69) is 10.3 Å². The van der Waals surface area contributed by atoms with Gasteiger partial charge in [0.25, 0.3) is 5.91 Å². The van der Waals surface area contributed by atoms with Gasteiger partial charge in [0.05, 0.1) is 25.5 Å². The summed E-state index contributed by atoms with van der Waals surface area (Å²) in [5.74, 6) is 0.872. The van der Waals surface area contributed by atoms with Gasteiger partial charge in [0.15, 0.2) is 5.79 Å². The third kappa shape index (κ3) is 3.95. The van der Waals surface area contributed by atoms with Gasteiger partial charge in [0.1, 0.15) is 11.6 Å². The summed E-state index contributed by atoms with van der Waals surface area (Å²) < 4.78 is 17.1. The standard InChI is InChI=1S/C21H25N3O4/c1-2-26-18-6-4-3-5-17(18)23-19-15-16(7-10-22-19)20(25)24-11-8-21(9-12-24)27-13-14-28-21/h3-7,10,15H,2,8-9,11-14H2,1H3,(H,22,23). The molecule has 7 heteroatoms. The summed E-state index contributed by atoms with van der Waals surface area (Å²) in [5, 5.41) is 3.25. The maximum atomic E-state index is 12.9. The molecule has 1 N–H and O–H groups in total. The van der Waals surface area contributed by atoms with E-state index in [4.69, 9.17) is 14.2 Å². The van der Waals surface area contributed by atoms with Crippen molar-refractivity contribution in [3.05, 3.63) is 48.2 Å². The Morgan fingerprint density at radius 1 is 1.21 bits per heavy atom. The molecule has 1 amide bonds. The van der Waals surface area contributed by atoms with E-state index in [0.29, 0.717) is 57.1 Å². The van der Waals surface area contributed by atoms with Gasteiger partial charge in [-0.1, -0.05) is 12.1 Å². The smallest absolute Gasteiger partial charge is 0.254 e. The second-order valence-corrected chi connectivity index (χ2v) is 6.88. The first-order valence-electron chi connectivity index (χ1n) is 9.71. The summed E-state index contributed by atoms with van der Waals surface area (Å²) in [6.07, 6.45) is 3.06. The van der Waals surface area contributed by atoms with Crippen LogP contribution < -0.4 is 10.1 Å². The van der Waals surface area contributed by atoms with Crippen molar-refractivity contribution in [2.45, 2.75) is 25.6 Å². The topological polar surface area (TPSA) is 72.9 Å². The monoisotopic (exact) mass is 383 g/mol. The Hall–Kier alpha value is -2.64. The fourth-order valence-electron chi connectivity index (χ4n) is 3.64. The lowest BCUT2D eigenvalue weighted by Crippen LogP contribution is -2.47. The number of amides is 1. The molecule has 1 aromatic carbocycles. The van der Waals surface area contributed by atoms with Gasteiger partial charge < -0.3 is 24.4 Å². The quantitative estimate of drug-likeness (QED) is 0.855. The maximum Gasteiger partial charge on any atom is 0.254 e. The van der Waals surface area contributed by atoms with Gasteiger partial charge in [-0.15, -0.1) is 0 Å². The molecule has 1 spiro atoms. The number of hydrogen-bond donors (Lipinski definition) is 1. The zero-order valence-electron chi connectivity index (χ0n) is 16.0. The number of carbonyl (C=O) groups is 1. The number of nitrogens with one attached hydrogen (secondary N) is 1. The van der Waals surface area contributed by atoms with Gasteiger partial charge in [0.2, 0.25) is 0 Å². The molecule has 2 aliphatic heterocycles. The Morgan fingerprint density at radius 2 is 1.96 bits per heavy atom. The first-order valence-corrected chi connectivity index (χ1v) is 9.71. The molecule has 4 rings (SSSR count). The lowest BCUT2D eigenvalue weighted by Gasteiger charge is -2.37. The molecule has 148 valence electrons. The maximum absolute atomic E-state index is 12.9. The van der Waals surface area contributed by atoms with E-state index in [9.17, 15) is 4.79 Å². The molecule has 2 saturated heterocycles. The van der Waals surface area contributed by atoms with Crippen LogP contribution in [0.4, 0.5) is 11.5 Å². The Morgan fingerprint density at radius 3 is 2.71 bits per heavy atom. The third-order valence-corrected chi connectivity index (χ3v) is 5.08. The average Bonchev–Trinajstić information content (AvgIpc) is 3.18. The molecular weight excluding hydrogens is 358 g/mol. The van der Waals surface area contributed by atoms with Gasteiger partial charge >= 0.3 is 0 Å². The van der Waals surface area contributed by atoms with E-state index in [1.54, 1.807) is 18.3 Å². The van der Waals surface area contributed by atoms with E-state index in [1.807, 2.05) is 36.1 Å². The molecular formula is C21H25N3O4. The highest BCUT2D eigenvalue weighted by atomic mass is 16.7. The summed E-state index contributed by atoms with van der Waals surface area (Å²) in [6.45, 7) is 5.04. The third-order valence-electron chi connectivity index (χ3n) is 5.08. The Balaban J connectivity index is 1.44. The van der Waals surface area contributed by atoms with Crippen LogP contribution in [0.2, 0.25) is 0 Å². The first kappa shape index (κ1) is 18.7. The van der Waals surface area contributed by atoms with Crippen molar-refractivity contribution in [2.75, 3.05) is 38.2 Å². The summed E-state index contributed by atoms with van der Waals surface area (Å²) >= 11 is 0. The number of anilines is 2. The molecule has 0 bridgehead atoms. The fourth-order valence-corrected chi connectivity index (χ4v) is 3.64. The molecule has 0 saturated carbocycles. The Kier molecular flexibility index (Phi) is 5.45. The van der Waals surface area contributed by atoms with Gasteiger partial charge in [-0.2, -0.15) is 0 Å². The molecule has 2 aliphatic rings. The number of ether oxygens (including phenoxy) is 3. The number of pyridine rings is 1. The van der Waals surface area contributed by atoms with Crippen LogP contribution >= 0.6 is 0 Å². The lowest BCUT2D eigenvalue weighted by atomic mass is 10.0. The van der Waals surface area contributed by atoms with E-state index in [0.717, 1.165) is 11.4 Å². The second kappa shape index (κ2) is 8.16. The number of piperidine rings is 1. The summed E-state index contributed by atoms with van der Waals surface area (Å²) in [7, 11) is 0. The highest BCUT2D eigenvalue weighted by molar-refractivity contribution is 5.95. The van der Waals surface area contributed by atoms with Crippen LogP contribution in [0.3, 0.4) is 0 Å². The summed E-state index contributed by atoms with van der Waals surface area (Å²) in [4.78, 5) is 19.1. The van der Waals surface area contributed by atoms with E-state index in [-0.39, 0.29) is 5.91 Å². The molecule has 1 aromatic heterocycles. The van der Waals surface area contributed by atoms with Crippen LogP contribution in [0.1, 0.15) is 30.1 Å². The van der Waals surface area contributed by atoms with Crippen LogP contribution in [0, 0.1) is 0 Å². The highest BCUT2D eigenvalue weighted by Gasteiger charge is 2.40. The zero-order valence-corrected chi connectivity index (χ0v) is 16.0. The van der Waals surface area contributed by atoms with Gasteiger partial charge in [0, 0.05) is 37.7 Å². The van der Waals surface area contributed by atoms with Gasteiger partial charge in [-0.3, -0.25) is 4.79 Å². The molecule has 0 atom stereocenters. The van der Waals surface area contributed by atoms with Crippen molar-refractivity contribution in [1.29, 1.82) is 0 Å². The largest absolute Gasteiger partial charge is 0.492 e. The molecule has 0 radical (unpaired) electrons. The number of carbonyl (C=O) groups excluding carboxylic acids is 1. The highest BCUT2D eigenvalue weighted by Crippen LogP contribution is 2.32. The number of para-hydroxylation sites is 2. The minimum atomic E-state index is -0.481. The molecule has 3 heterocycles. The number of nitrogens with zero attached hydrogens (tertiary/aromatic N) is 2. The zero-order chi connectivity index (χ0) is 19.4. The van der Waals surface area contributed by atoms with E-state index in [1.165, 1.54) is 0 Å². The minimum absolute atomic E-state index is 0.00334. The number of hydrogen-bond acceptors (Lipinski definition) is 6. The molecule has 0 aliphatic carbocycles. The first-order chi connectivity index (χ1) is 13.7. The normalized spacial score (nSPS) is 18.2. The predicted octanol–water partition coefficient (Wildman–Crippen LogP) is 3.20. The average molecular weight is 383 g/mol.